The zero-order valence-corrected chi connectivity index (χ0v) is 17.2. The van der Waals surface area contributed by atoms with Gasteiger partial charge in [0.15, 0.2) is 5.43 Å². The van der Waals surface area contributed by atoms with Crippen molar-refractivity contribution in [1.82, 2.24) is 12.3 Å². The Morgan fingerprint density at radius 3 is 2.36 bits per heavy atom. The minimum atomic E-state index is -0.472. The first-order chi connectivity index (χ1) is 11.1. The van der Waals surface area contributed by atoms with E-state index in [9.17, 15) is 4.79 Å². The van der Waals surface area contributed by atoms with E-state index in [1.807, 2.05) is 6.07 Å². The van der Waals surface area contributed by atoms with Crippen LogP contribution in [0.2, 0.25) is 0 Å². The summed E-state index contributed by atoms with van der Waals surface area (Å²) in [5, 5.41) is 0.553. The van der Waals surface area contributed by atoms with Crippen molar-refractivity contribution in [3.63, 3.8) is 0 Å². The molecule has 3 aromatic rings. The van der Waals surface area contributed by atoms with Gasteiger partial charge in [0, 0.05) is 11.6 Å². The molecule has 0 fully saturated rings. The fourth-order valence-electron chi connectivity index (χ4n) is 2.17. The number of anilines is 1. The number of halogens is 2. The molecule has 140 valence electrons. The molecule has 0 aliphatic carbocycles. The normalized spacial score (nSPS) is 9.40. The molecule has 9 heteroatoms. The summed E-state index contributed by atoms with van der Waals surface area (Å²) in [4.78, 5) is 12.1. The maximum atomic E-state index is 12.1. The standard InChI is InChI=1S/C16H13NO3.2ClH.2H3N.Pt/c1-19-14-8-4-6-11(16(14)17)15-9-12(18)10-5-2-3-7-13(10)20-15;;;;;/h2-9H,17H2,1H3;2*1H;2*1H3;/q;;;;;+2/p-2. The molecular formula is C16H19Cl2N3O3Pt. The summed E-state index contributed by atoms with van der Waals surface area (Å²) >= 11 is -0.472. The van der Waals surface area contributed by atoms with E-state index in [-0.39, 0.29) is 17.7 Å². The second kappa shape index (κ2) is 11.1. The van der Waals surface area contributed by atoms with Gasteiger partial charge in [0.05, 0.1) is 18.2 Å². The van der Waals surface area contributed by atoms with Crippen molar-refractivity contribution in [2.75, 3.05) is 12.8 Å². The third-order valence-electron chi connectivity index (χ3n) is 3.19. The molecule has 8 N–H and O–H groups in total. The third kappa shape index (κ3) is 5.46. The summed E-state index contributed by atoms with van der Waals surface area (Å²) in [5.74, 6) is 0.989. The average Bonchev–Trinajstić information content (AvgIpc) is 2.56. The first kappa shape index (κ1) is 23.4. The van der Waals surface area contributed by atoms with E-state index in [2.05, 4.69) is 0 Å². The Balaban J connectivity index is 0.00000108. The zero-order valence-electron chi connectivity index (χ0n) is 13.4. The summed E-state index contributed by atoms with van der Waals surface area (Å²) in [6.45, 7) is 0. The van der Waals surface area contributed by atoms with E-state index >= 15 is 0 Å². The Labute approximate surface area is 161 Å². The van der Waals surface area contributed by atoms with Crippen LogP contribution in [0.15, 0.2) is 57.7 Å². The van der Waals surface area contributed by atoms with Crippen molar-refractivity contribution in [3.05, 3.63) is 58.8 Å². The van der Waals surface area contributed by atoms with E-state index in [1.165, 1.54) is 6.07 Å². The number of hydrogen-bond acceptors (Lipinski definition) is 6. The van der Waals surface area contributed by atoms with Crippen LogP contribution in [-0.4, -0.2) is 7.11 Å². The molecule has 6 nitrogen and oxygen atoms in total. The van der Waals surface area contributed by atoms with Gasteiger partial charge in [0.25, 0.3) is 0 Å². The summed E-state index contributed by atoms with van der Waals surface area (Å²) in [6, 6.07) is 13.9. The second-order valence-corrected chi connectivity index (χ2v) is 7.72. The summed E-state index contributed by atoms with van der Waals surface area (Å²) < 4.78 is 11.0. The van der Waals surface area contributed by atoms with Gasteiger partial charge in [-0.1, -0.05) is 18.2 Å². The number of para-hydroxylation sites is 2. The number of fused-ring (bicyclic) bond motifs is 1. The predicted octanol–water partition coefficient (Wildman–Crippen LogP) is 4.75. The molecule has 0 aliphatic heterocycles. The van der Waals surface area contributed by atoms with Gasteiger partial charge < -0.3 is 27.2 Å². The zero-order chi connectivity index (χ0) is 16.8. The van der Waals surface area contributed by atoms with Crippen molar-refractivity contribution in [3.8, 4) is 17.1 Å². The maximum absolute atomic E-state index is 12.1. The number of rotatable bonds is 2. The number of hydrogen-bond donors (Lipinski definition) is 3. The van der Waals surface area contributed by atoms with E-state index < -0.39 is 16.5 Å². The van der Waals surface area contributed by atoms with Crippen LogP contribution in [0.3, 0.4) is 0 Å². The van der Waals surface area contributed by atoms with E-state index in [0.717, 1.165) is 0 Å². The molecule has 0 spiro atoms. The van der Waals surface area contributed by atoms with Crippen molar-refractivity contribution in [1.29, 1.82) is 0 Å². The first-order valence-electron chi connectivity index (χ1n) is 6.40. The molecule has 0 bridgehead atoms. The first-order valence-corrected chi connectivity index (χ1v) is 12.0. The van der Waals surface area contributed by atoms with Crippen molar-refractivity contribution < 1.29 is 25.6 Å². The number of methoxy groups -OCH3 is 1. The van der Waals surface area contributed by atoms with Crippen LogP contribution in [-0.2, 0) is 16.5 Å². The minimum absolute atomic E-state index is 0. The van der Waals surface area contributed by atoms with E-state index in [0.29, 0.717) is 33.7 Å². The Bertz CT molecular complexity index is 875. The molecule has 0 aliphatic rings. The number of benzene rings is 2. The molecule has 1 heterocycles. The molecule has 0 saturated carbocycles. The van der Waals surface area contributed by atoms with Crippen LogP contribution in [0.5, 0.6) is 5.75 Å². The van der Waals surface area contributed by atoms with Crippen LogP contribution in [0.1, 0.15) is 0 Å². The molecule has 2 aromatic carbocycles. The number of nitrogen functional groups attached to an aromatic ring is 1. The Morgan fingerprint density at radius 1 is 1.08 bits per heavy atom. The molecular weight excluding hydrogens is 548 g/mol. The number of nitrogens with two attached hydrogens (primary N) is 1. The molecule has 1 aromatic heterocycles. The van der Waals surface area contributed by atoms with Crippen LogP contribution in [0, 0.1) is 0 Å². The van der Waals surface area contributed by atoms with Crippen molar-refractivity contribution >= 4 is 35.5 Å². The SMILES string of the molecule is COc1cccc(-c2cc(=O)c3ccccc3o2)c1N.N.N.[Cl][Pt][Cl]. The topological polar surface area (TPSA) is 135 Å². The molecule has 0 radical (unpaired) electrons. The Hall–Kier alpha value is -1.56. The van der Waals surface area contributed by atoms with Crippen LogP contribution >= 0.6 is 18.8 Å². The van der Waals surface area contributed by atoms with Gasteiger partial charge in [-0.2, -0.15) is 0 Å². The fourth-order valence-corrected chi connectivity index (χ4v) is 2.17. The molecule has 0 amide bonds. The fraction of sp³-hybridized carbons (Fsp3) is 0.0625. The van der Waals surface area contributed by atoms with E-state index in [4.69, 9.17) is 33.7 Å². The molecule has 0 saturated heterocycles. The van der Waals surface area contributed by atoms with Gasteiger partial charge in [-0.05, 0) is 24.3 Å². The summed E-state index contributed by atoms with van der Waals surface area (Å²) in [6.07, 6.45) is 0. The quantitative estimate of drug-likeness (QED) is 0.383. The third-order valence-corrected chi connectivity index (χ3v) is 3.19. The Morgan fingerprint density at radius 2 is 1.72 bits per heavy atom. The van der Waals surface area contributed by atoms with Gasteiger partial charge >= 0.3 is 35.3 Å². The van der Waals surface area contributed by atoms with Gasteiger partial charge in [0.2, 0.25) is 0 Å². The molecule has 25 heavy (non-hydrogen) atoms. The average molecular weight is 567 g/mol. The number of ether oxygens (including phenoxy) is 1. The van der Waals surface area contributed by atoms with Crippen LogP contribution in [0.4, 0.5) is 5.69 Å². The Kier molecular flexibility index (Phi) is 10.4. The summed E-state index contributed by atoms with van der Waals surface area (Å²) in [7, 11) is 11.3. The monoisotopic (exact) mass is 566 g/mol. The second-order valence-electron chi connectivity index (χ2n) is 4.44. The molecule has 3 rings (SSSR count). The van der Waals surface area contributed by atoms with Gasteiger partial charge in [-0.25, -0.2) is 0 Å². The van der Waals surface area contributed by atoms with Crippen LogP contribution < -0.4 is 28.2 Å². The molecule has 0 unspecified atom stereocenters. The van der Waals surface area contributed by atoms with Gasteiger partial charge in [-0.3, -0.25) is 4.79 Å². The van der Waals surface area contributed by atoms with Crippen molar-refractivity contribution in [2.24, 2.45) is 0 Å². The predicted molar refractivity (Wildman–Crippen MR) is 101 cm³/mol. The van der Waals surface area contributed by atoms with Gasteiger partial charge in [-0.15, -0.1) is 0 Å². The summed E-state index contributed by atoms with van der Waals surface area (Å²) in [5.41, 5.74) is 7.58. The van der Waals surface area contributed by atoms with Crippen LogP contribution in [0.25, 0.3) is 22.3 Å². The van der Waals surface area contributed by atoms with Crippen molar-refractivity contribution in [2.45, 2.75) is 0 Å². The molecule has 0 atom stereocenters. The van der Waals surface area contributed by atoms with Gasteiger partial charge in [0.1, 0.15) is 17.1 Å². The van der Waals surface area contributed by atoms with E-state index in [1.54, 1.807) is 43.5 Å².